The van der Waals surface area contributed by atoms with Crippen LogP contribution in [0.3, 0.4) is 0 Å². The summed E-state index contributed by atoms with van der Waals surface area (Å²) >= 11 is 0. The quantitative estimate of drug-likeness (QED) is 0.745. The maximum Gasteiger partial charge on any atom is 0.221 e. The Balaban J connectivity index is 1.47. The maximum absolute atomic E-state index is 11.9. The monoisotopic (exact) mass is 279 g/mol. The molecule has 3 rings (SSSR count). The van der Waals surface area contributed by atoms with Crippen molar-refractivity contribution in [3.63, 3.8) is 0 Å². The predicted molar refractivity (Wildman–Crippen MR) is 80.6 cm³/mol. The highest BCUT2D eigenvalue weighted by Crippen LogP contribution is 2.30. The fourth-order valence-corrected chi connectivity index (χ4v) is 3.86. The van der Waals surface area contributed by atoms with Gasteiger partial charge in [-0.3, -0.25) is 9.69 Å². The van der Waals surface area contributed by atoms with Gasteiger partial charge < -0.3 is 10.6 Å². The van der Waals surface area contributed by atoms with Crippen LogP contribution in [0.4, 0.5) is 0 Å². The summed E-state index contributed by atoms with van der Waals surface area (Å²) in [6.07, 6.45) is 9.48. The predicted octanol–water partition coefficient (Wildman–Crippen LogP) is 1.65. The summed E-state index contributed by atoms with van der Waals surface area (Å²) in [5.41, 5.74) is 0. The molecule has 2 unspecified atom stereocenters. The first-order chi connectivity index (χ1) is 9.74. The van der Waals surface area contributed by atoms with E-state index in [1.165, 1.54) is 44.9 Å². The Kier molecular flexibility index (Phi) is 4.61. The molecule has 4 nitrogen and oxygen atoms in total. The van der Waals surface area contributed by atoms with Gasteiger partial charge in [0.2, 0.25) is 5.91 Å². The van der Waals surface area contributed by atoms with Gasteiger partial charge in [0.25, 0.3) is 0 Å². The topological polar surface area (TPSA) is 44.4 Å². The van der Waals surface area contributed by atoms with Crippen molar-refractivity contribution in [1.29, 1.82) is 0 Å². The summed E-state index contributed by atoms with van der Waals surface area (Å²) < 4.78 is 0. The van der Waals surface area contributed by atoms with E-state index in [9.17, 15) is 4.79 Å². The van der Waals surface area contributed by atoms with Crippen LogP contribution in [-0.4, -0.2) is 48.1 Å². The second-order valence-corrected chi connectivity index (χ2v) is 6.89. The van der Waals surface area contributed by atoms with E-state index in [1.807, 2.05) is 0 Å². The molecule has 1 aliphatic carbocycles. The largest absolute Gasteiger partial charge is 0.353 e. The molecule has 2 bridgehead atoms. The fraction of sp³-hybridized carbons (Fsp3) is 0.938. The first-order valence-electron chi connectivity index (χ1n) is 8.54. The second kappa shape index (κ2) is 6.44. The number of rotatable bonds is 7. The van der Waals surface area contributed by atoms with E-state index in [0.717, 1.165) is 25.2 Å². The van der Waals surface area contributed by atoms with Crippen LogP contribution < -0.4 is 10.6 Å². The van der Waals surface area contributed by atoms with Crippen molar-refractivity contribution >= 4 is 5.91 Å². The normalized spacial score (nSPS) is 32.6. The molecule has 0 aromatic carbocycles. The minimum atomic E-state index is 0.255. The van der Waals surface area contributed by atoms with Crippen LogP contribution in [0.1, 0.15) is 58.3 Å². The molecule has 2 atom stereocenters. The summed E-state index contributed by atoms with van der Waals surface area (Å²) in [6, 6.07) is 2.66. The molecule has 4 heteroatoms. The molecule has 2 N–H and O–H groups in total. The van der Waals surface area contributed by atoms with Crippen LogP contribution in [-0.2, 0) is 4.79 Å². The number of nitrogens with one attached hydrogen (secondary N) is 2. The summed E-state index contributed by atoms with van der Waals surface area (Å²) in [5, 5.41) is 6.82. The molecule has 0 aromatic heterocycles. The van der Waals surface area contributed by atoms with Gasteiger partial charge in [0, 0.05) is 37.1 Å². The van der Waals surface area contributed by atoms with Crippen LogP contribution in [0.2, 0.25) is 0 Å². The van der Waals surface area contributed by atoms with Crippen molar-refractivity contribution in [2.45, 2.75) is 82.5 Å². The van der Waals surface area contributed by atoms with Gasteiger partial charge in [-0.1, -0.05) is 6.92 Å². The lowest BCUT2D eigenvalue weighted by molar-refractivity contribution is -0.121. The van der Waals surface area contributed by atoms with E-state index >= 15 is 0 Å². The zero-order valence-corrected chi connectivity index (χ0v) is 12.7. The number of carbonyl (C=O) groups excluding carboxylic acids is 1. The number of hydrogen-bond donors (Lipinski definition) is 2. The van der Waals surface area contributed by atoms with Crippen molar-refractivity contribution in [3.8, 4) is 0 Å². The highest BCUT2D eigenvalue weighted by molar-refractivity contribution is 5.76. The Morgan fingerprint density at radius 2 is 1.85 bits per heavy atom. The second-order valence-electron chi connectivity index (χ2n) is 6.89. The van der Waals surface area contributed by atoms with E-state index in [-0.39, 0.29) is 5.91 Å². The molecule has 2 heterocycles. The third kappa shape index (κ3) is 3.73. The molecule has 1 amide bonds. The SMILES string of the molecule is CCCN(CCC(=O)NC1CC1)C1CC2CCC(C1)N2. The number of fused-ring (bicyclic) bond motifs is 2. The smallest absolute Gasteiger partial charge is 0.221 e. The number of hydrogen-bond acceptors (Lipinski definition) is 3. The van der Waals surface area contributed by atoms with Crippen LogP contribution >= 0.6 is 0 Å². The minimum absolute atomic E-state index is 0.255. The zero-order chi connectivity index (χ0) is 13.9. The number of piperidine rings is 1. The molecule has 2 aliphatic heterocycles. The molecule has 20 heavy (non-hydrogen) atoms. The minimum Gasteiger partial charge on any atom is -0.353 e. The van der Waals surface area contributed by atoms with Crippen LogP contribution in [0.5, 0.6) is 0 Å². The first-order valence-corrected chi connectivity index (χ1v) is 8.54. The number of nitrogens with zero attached hydrogens (tertiary/aromatic N) is 1. The molecular weight excluding hydrogens is 250 g/mol. The average molecular weight is 279 g/mol. The third-order valence-electron chi connectivity index (χ3n) is 5.04. The third-order valence-corrected chi connectivity index (χ3v) is 5.04. The molecular formula is C16H29N3O. The Hall–Kier alpha value is -0.610. The van der Waals surface area contributed by atoms with Gasteiger partial charge in [-0.2, -0.15) is 0 Å². The van der Waals surface area contributed by atoms with Gasteiger partial charge in [0.05, 0.1) is 0 Å². The van der Waals surface area contributed by atoms with Crippen molar-refractivity contribution in [2.75, 3.05) is 13.1 Å². The van der Waals surface area contributed by atoms with Crippen molar-refractivity contribution in [3.05, 3.63) is 0 Å². The Morgan fingerprint density at radius 3 is 2.45 bits per heavy atom. The molecule has 1 saturated carbocycles. The standard InChI is InChI=1S/C16H29N3O/c1-2-8-19(9-7-16(20)18-12-3-4-12)15-10-13-5-6-14(11-15)17-13/h12-15,17H,2-11H2,1H3,(H,18,20). The summed E-state index contributed by atoms with van der Waals surface area (Å²) in [6.45, 7) is 4.32. The van der Waals surface area contributed by atoms with E-state index in [4.69, 9.17) is 0 Å². The molecule has 0 aromatic rings. The summed E-state index contributed by atoms with van der Waals surface area (Å²) in [7, 11) is 0. The van der Waals surface area contributed by atoms with Gasteiger partial charge in [0.15, 0.2) is 0 Å². The van der Waals surface area contributed by atoms with Gasteiger partial charge in [-0.15, -0.1) is 0 Å². The van der Waals surface area contributed by atoms with Crippen molar-refractivity contribution in [1.82, 2.24) is 15.5 Å². The Bertz CT molecular complexity index is 331. The fourth-order valence-electron chi connectivity index (χ4n) is 3.86. The highest BCUT2D eigenvalue weighted by atomic mass is 16.1. The number of carbonyl (C=O) groups is 1. The molecule has 3 aliphatic rings. The summed E-state index contributed by atoms with van der Waals surface area (Å²) in [5.74, 6) is 0.255. The lowest BCUT2D eigenvalue weighted by Gasteiger charge is -2.37. The van der Waals surface area contributed by atoms with E-state index < -0.39 is 0 Å². The average Bonchev–Trinajstić information content (AvgIpc) is 3.18. The van der Waals surface area contributed by atoms with E-state index in [2.05, 4.69) is 22.5 Å². The van der Waals surface area contributed by atoms with Crippen LogP contribution in [0.25, 0.3) is 0 Å². The van der Waals surface area contributed by atoms with Gasteiger partial charge in [-0.25, -0.2) is 0 Å². The zero-order valence-electron chi connectivity index (χ0n) is 12.7. The van der Waals surface area contributed by atoms with Gasteiger partial charge >= 0.3 is 0 Å². The molecule has 0 spiro atoms. The summed E-state index contributed by atoms with van der Waals surface area (Å²) in [4.78, 5) is 14.5. The van der Waals surface area contributed by atoms with Crippen LogP contribution in [0, 0.1) is 0 Å². The Labute approximate surface area is 122 Å². The molecule has 0 radical (unpaired) electrons. The molecule has 2 saturated heterocycles. The first kappa shape index (κ1) is 14.3. The van der Waals surface area contributed by atoms with E-state index in [1.54, 1.807) is 0 Å². The van der Waals surface area contributed by atoms with Crippen LogP contribution in [0.15, 0.2) is 0 Å². The lowest BCUT2D eigenvalue weighted by Crippen LogP contribution is -2.49. The molecule has 3 fully saturated rings. The van der Waals surface area contributed by atoms with Gasteiger partial charge in [0.1, 0.15) is 0 Å². The number of amides is 1. The maximum atomic E-state index is 11.9. The van der Waals surface area contributed by atoms with Crippen molar-refractivity contribution < 1.29 is 4.79 Å². The molecule has 114 valence electrons. The van der Waals surface area contributed by atoms with Gasteiger partial charge in [-0.05, 0) is 51.5 Å². The Morgan fingerprint density at radius 1 is 1.15 bits per heavy atom. The van der Waals surface area contributed by atoms with Crippen molar-refractivity contribution in [2.24, 2.45) is 0 Å². The lowest BCUT2D eigenvalue weighted by atomic mass is 9.97. The van der Waals surface area contributed by atoms with E-state index in [0.29, 0.717) is 18.5 Å². The highest BCUT2D eigenvalue weighted by Gasteiger charge is 2.35.